The molecule has 8 nitrogen and oxygen atoms in total. The minimum Gasteiger partial charge on any atom is -0.478 e. The standard InChI is InChI=1S/C38H27N3O5S/c39-37(40)29-10-9-28-18-31(14-11-27(28)17-29)46-36-16-13-30(41-47(44,45)32-15-12-23-5-1-2-6-24(23)19-32)22-34(36)33-20-25-7-3-4-8-26(25)21-35(33)38(42)43/h1-22,41H,(H3,39,40)(H,42,43). The molecule has 0 fully saturated rings. The van der Waals surface area contributed by atoms with Crippen LogP contribution in [0.15, 0.2) is 138 Å². The number of amidine groups is 1. The van der Waals surface area contributed by atoms with Crippen molar-refractivity contribution in [2.45, 2.75) is 4.90 Å². The van der Waals surface area contributed by atoms with Crippen molar-refractivity contribution in [3.63, 3.8) is 0 Å². The number of fused-ring (bicyclic) bond motifs is 3. The lowest BCUT2D eigenvalue weighted by molar-refractivity contribution is 0.0698. The van der Waals surface area contributed by atoms with E-state index >= 15 is 0 Å². The molecular formula is C38H27N3O5S. The third kappa shape index (κ3) is 5.83. The normalized spacial score (nSPS) is 11.5. The van der Waals surface area contributed by atoms with Crippen LogP contribution in [-0.2, 0) is 10.0 Å². The summed E-state index contributed by atoms with van der Waals surface area (Å²) in [5.74, 6) is -0.351. The average Bonchev–Trinajstić information content (AvgIpc) is 3.07. The second kappa shape index (κ2) is 11.6. The summed E-state index contributed by atoms with van der Waals surface area (Å²) in [6.45, 7) is 0. The molecule has 0 aromatic heterocycles. The van der Waals surface area contributed by atoms with E-state index in [1.807, 2.05) is 72.8 Å². The summed E-state index contributed by atoms with van der Waals surface area (Å²) in [6.07, 6.45) is 0. The Bertz CT molecular complexity index is 2510. The van der Waals surface area contributed by atoms with Gasteiger partial charge in [0.1, 0.15) is 17.3 Å². The van der Waals surface area contributed by atoms with Gasteiger partial charge in [-0.05, 0) is 93.0 Å². The van der Waals surface area contributed by atoms with Gasteiger partial charge in [0.05, 0.1) is 10.5 Å². The quantitative estimate of drug-likeness (QED) is 0.0974. The Kier molecular flexibility index (Phi) is 7.30. The third-order valence-corrected chi connectivity index (χ3v) is 9.40. The first-order valence-electron chi connectivity index (χ1n) is 14.6. The van der Waals surface area contributed by atoms with E-state index in [0.717, 1.165) is 32.3 Å². The van der Waals surface area contributed by atoms with Gasteiger partial charge in [0.2, 0.25) is 0 Å². The molecule has 0 spiro atoms. The maximum absolute atomic E-state index is 13.6. The maximum Gasteiger partial charge on any atom is 0.336 e. The van der Waals surface area contributed by atoms with Crippen LogP contribution in [0.5, 0.6) is 11.5 Å². The van der Waals surface area contributed by atoms with Gasteiger partial charge in [-0.1, -0.05) is 72.8 Å². The number of carbonyl (C=O) groups is 1. The first kappa shape index (κ1) is 29.5. The molecule has 5 N–H and O–H groups in total. The fourth-order valence-corrected chi connectivity index (χ4v) is 6.75. The molecule has 0 amide bonds. The smallest absolute Gasteiger partial charge is 0.336 e. The highest BCUT2D eigenvalue weighted by Crippen LogP contribution is 2.40. The molecule has 9 heteroatoms. The molecule has 0 unspecified atom stereocenters. The maximum atomic E-state index is 13.6. The molecule has 0 atom stereocenters. The molecule has 0 saturated heterocycles. The van der Waals surface area contributed by atoms with Gasteiger partial charge in [-0.3, -0.25) is 10.1 Å². The number of sulfonamides is 1. The third-order valence-electron chi connectivity index (χ3n) is 8.02. The second-order valence-corrected chi connectivity index (χ2v) is 12.8. The van der Waals surface area contributed by atoms with E-state index in [2.05, 4.69) is 4.72 Å². The minimum absolute atomic E-state index is 0.0298. The lowest BCUT2D eigenvalue weighted by Gasteiger charge is -2.17. The van der Waals surface area contributed by atoms with Crippen LogP contribution in [0.2, 0.25) is 0 Å². The molecule has 0 saturated carbocycles. The van der Waals surface area contributed by atoms with Crippen molar-refractivity contribution in [1.82, 2.24) is 0 Å². The number of benzene rings is 7. The first-order valence-corrected chi connectivity index (χ1v) is 16.1. The van der Waals surface area contributed by atoms with E-state index < -0.39 is 16.0 Å². The van der Waals surface area contributed by atoms with Crippen molar-refractivity contribution < 1.29 is 23.1 Å². The van der Waals surface area contributed by atoms with Crippen molar-refractivity contribution in [2.75, 3.05) is 4.72 Å². The van der Waals surface area contributed by atoms with E-state index in [0.29, 0.717) is 28.2 Å². The fourth-order valence-electron chi connectivity index (χ4n) is 5.66. The number of anilines is 1. The van der Waals surface area contributed by atoms with E-state index in [1.165, 1.54) is 0 Å². The molecule has 230 valence electrons. The minimum atomic E-state index is -4.00. The number of carboxylic acid groups (broad SMARTS) is 1. The Morgan fingerprint density at radius 2 is 1.28 bits per heavy atom. The molecule has 0 aliphatic rings. The van der Waals surface area contributed by atoms with Gasteiger partial charge in [0.15, 0.2) is 0 Å². The van der Waals surface area contributed by atoms with E-state index in [4.69, 9.17) is 15.9 Å². The number of rotatable bonds is 8. The Balaban J connectivity index is 1.34. The van der Waals surface area contributed by atoms with Crippen LogP contribution in [0.4, 0.5) is 5.69 Å². The molecule has 7 rings (SSSR count). The molecule has 0 heterocycles. The van der Waals surface area contributed by atoms with Crippen molar-refractivity contribution in [3.05, 3.63) is 145 Å². The predicted molar refractivity (Wildman–Crippen MR) is 186 cm³/mol. The number of nitrogen functional groups attached to an aromatic ring is 1. The van der Waals surface area contributed by atoms with Gasteiger partial charge >= 0.3 is 5.97 Å². The SMILES string of the molecule is N=C(N)c1ccc2cc(Oc3ccc(NS(=O)(=O)c4ccc5ccccc5c4)cc3-c3cc4ccccc4cc3C(=O)O)ccc2c1. The van der Waals surface area contributed by atoms with Gasteiger partial charge in [-0.2, -0.15) is 0 Å². The lowest BCUT2D eigenvalue weighted by atomic mass is 9.94. The van der Waals surface area contributed by atoms with Crippen molar-refractivity contribution in [3.8, 4) is 22.6 Å². The number of aromatic carboxylic acids is 1. The summed E-state index contributed by atoms with van der Waals surface area (Å²) >= 11 is 0. The lowest BCUT2D eigenvalue weighted by Crippen LogP contribution is -2.13. The highest BCUT2D eigenvalue weighted by molar-refractivity contribution is 7.92. The number of carboxylic acids is 1. The Labute approximate surface area is 270 Å². The van der Waals surface area contributed by atoms with Crippen molar-refractivity contribution in [2.24, 2.45) is 5.73 Å². The summed E-state index contributed by atoms with van der Waals surface area (Å²) in [6, 6.07) is 38.9. The van der Waals surface area contributed by atoms with Gasteiger partial charge in [-0.15, -0.1) is 0 Å². The number of hydrogen-bond acceptors (Lipinski definition) is 5. The zero-order valence-corrected chi connectivity index (χ0v) is 25.6. The number of nitrogens with one attached hydrogen (secondary N) is 2. The van der Waals surface area contributed by atoms with Gasteiger partial charge in [-0.25, -0.2) is 13.2 Å². The van der Waals surface area contributed by atoms with Crippen LogP contribution in [0, 0.1) is 5.41 Å². The Morgan fingerprint density at radius 1 is 0.660 bits per heavy atom. The molecule has 0 aliphatic carbocycles. The van der Waals surface area contributed by atoms with E-state index in [1.54, 1.807) is 60.7 Å². The Hall–Kier alpha value is -6.19. The predicted octanol–water partition coefficient (Wildman–Crippen LogP) is 8.39. The van der Waals surface area contributed by atoms with Crippen molar-refractivity contribution in [1.29, 1.82) is 5.41 Å². The van der Waals surface area contributed by atoms with Crippen LogP contribution in [-0.4, -0.2) is 25.3 Å². The molecular weight excluding hydrogens is 611 g/mol. The summed E-state index contributed by atoms with van der Waals surface area (Å²) < 4.78 is 36.1. The van der Waals surface area contributed by atoms with Gasteiger partial charge in [0, 0.05) is 22.4 Å². The summed E-state index contributed by atoms with van der Waals surface area (Å²) in [5.41, 5.74) is 7.29. The number of nitrogens with two attached hydrogens (primary N) is 1. The highest BCUT2D eigenvalue weighted by atomic mass is 32.2. The number of ether oxygens (including phenoxy) is 1. The van der Waals surface area contributed by atoms with E-state index in [9.17, 15) is 18.3 Å². The van der Waals surface area contributed by atoms with Gasteiger partial charge < -0.3 is 15.6 Å². The summed E-state index contributed by atoms with van der Waals surface area (Å²) in [7, 11) is -4.00. The Morgan fingerprint density at radius 3 is 2.00 bits per heavy atom. The average molecular weight is 638 g/mol. The molecule has 47 heavy (non-hydrogen) atoms. The zero-order chi connectivity index (χ0) is 32.7. The monoisotopic (exact) mass is 637 g/mol. The van der Waals surface area contributed by atoms with Crippen LogP contribution in [0.25, 0.3) is 43.4 Å². The second-order valence-electron chi connectivity index (χ2n) is 11.1. The van der Waals surface area contributed by atoms with E-state index in [-0.39, 0.29) is 22.0 Å². The van der Waals surface area contributed by atoms with Crippen molar-refractivity contribution >= 4 is 59.8 Å². The molecule has 7 aromatic rings. The summed E-state index contributed by atoms with van der Waals surface area (Å²) in [4.78, 5) is 12.7. The zero-order valence-electron chi connectivity index (χ0n) is 24.8. The van der Waals surface area contributed by atoms with Crippen LogP contribution < -0.4 is 15.2 Å². The highest BCUT2D eigenvalue weighted by Gasteiger charge is 2.21. The number of hydrogen-bond donors (Lipinski definition) is 4. The van der Waals surface area contributed by atoms with Crippen LogP contribution >= 0.6 is 0 Å². The van der Waals surface area contributed by atoms with Crippen LogP contribution in [0.3, 0.4) is 0 Å². The molecule has 7 aromatic carbocycles. The first-order chi connectivity index (χ1) is 22.6. The summed E-state index contributed by atoms with van der Waals surface area (Å²) in [5, 5.41) is 23.0. The topological polar surface area (TPSA) is 143 Å². The molecule has 0 bridgehead atoms. The molecule has 0 aliphatic heterocycles. The fraction of sp³-hybridized carbons (Fsp3) is 0. The van der Waals surface area contributed by atoms with Gasteiger partial charge in [0.25, 0.3) is 10.0 Å². The molecule has 0 radical (unpaired) electrons. The largest absolute Gasteiger partial charge is 0.478 e. The van der Waals surface area contributed by atoms with Crippen LogP contribution in [0.1, 0.15) is 15.9 Å².